The Morgan fingerprint density at radius 2 is 1.87 bits per heavy atom. The van der Waals surface area contributed by atoms with E-state index in [0.29, 0.717) is 28.7 Å². The molecule has 3 aliphatic rings. The first-order valence-electron chi connectivity index (χ1n) is 9.98. The van der Waals surface area contributed by atoms with E-state index in [-0.39, 0.29) is 11.0 Å². The molecule has 0 atom stereocenters. The van der Waals surface area contributed by atoms with Crippen molar-refractivity contribution in [1.82, 2.24) is 25.0 Å². The number of ether oxygens (including phenoxy) is 1. The molecular weight excluding hydrogens is 392 g/mol. The highest BCUT2D eigenvalue weighted by Gasteiger charge is 2.69. The Morgan fingerprint density at radius 3 is 2.52 bits per heavy atom. The van der Waals surface area contributed by atoms with Gasteiger partial charge >= 0.3 is 0 Å². The number of nitrogens with one attached hydrogen (secondary N) is 1. The van der Waals surface area contributed by atoms with E-state index in [0.717, 1.165) is 36.0 Å². The van der Waals surface area contributed by atoms with Crippen molar-refractivity contribution in [2.75, 3.05) is 5.32 Å². The zero-order valence-corrected chi connectivity index (χ0v) is 17.5. The number of hydrogen-bond acceptors (Lipinski definition) is 8. The van der Waals surface area contributed by atoms with Crippen LogP contribution in [0.25, 0.3) is 17.2 Å². The number of fused-ring (bicyclic) bond motifs is 1. The Labute approximate surface area is 179 Å². The minimum Gasteiger partial charge on any atom is -0.436 e. The van der Waals surface area contributed by atoms with Gasteiger partial charge in [0.05, 0.1) is 17.6 Å². The molecule has 3 saturated carbocycles. The standard InChI is InChI=1S/C22H20N8O/c1-13-7-15(5-4-6-23)8-14(2)17(13)31-19-16-18(30(3)29-28-16)25-20(26-19)27-22-9-21(10-22,11-22)12-24/h4-5,7-8H,9-11H2,1-3H3,(H,25,26,27)/b5-4+. The number of nitrogens with zero attached hydrogens (tertiary/aromatic N) is 7. The van der Waals surface area contributed by atoms with E-state index in [9.17, 15) is 5.26 Å². The predicted molar refractivity (Wildman–Crippen MR) is 113 cm³/mol. The summed E-state index contributed by atoms with van der Waals surface area (Å²) in [5.74, 6) is 1.45. The zero-order valence-electron chi connectivity index (χ0n) is 17.5. The van der Waals surface area contributed by atoms with Gasteiger partial charge in [-0.15, -0.1) is 5.10 Å². The molecule has 6 rings (SSSR count). The molecule has 31 heavy (non-hydrogen) atoms. The van der Waals surface area contributed by atoms with E-state index in [1.165, 1.54) is 6.08 Å². The summed E-state index contributed by atoms with van der Waals surface area (Å²) in [6.45, 7) is 3.90. The van der Waals surface area contributed by atoms with Gasteiger partial charge in [-0.3, -0.25) is 0 Å². The Balaban J connectivity index is 1.50. The molecule has 0 radical (unpaired) electrons. The second kappa shape index (κ2) is 6.51. The summed E-state index contributed by atoms with van der Waals surface area (Å²) in [5.41, 5.74) is 3.53. The maximum Gasteiger partial charge on any atom is 0.254 e. The third-order valence-corrected chi connectivity index (χ3v) is 6.10. The number of hydrogen-bond donors (Lipinski definition) is 1. The molecule has 0 saturated heterocycles. The number of allylic oxidation sites excluding steroid dienone is 1. The van der Waals surface area contributed by atoms with Crippen LogP contribution < -0.4 is 10.1 Å². The Bertz CT molecular complexity index is 1300. The molecule has 3 aliphatic carbocycles. The van der Waals surface area contributed by atoms with Crippen molar-refractivity contribution in [2.45, 2.75) is 38.6 Å². The molecule has 2 heterocycles. The highest BCUT2D eigenvalue weighted by atomic mass is 16.5. The van der Waals surface area contributed by atoms with Crippen LogP contribution in [0.15, 0.2) is 18.2 Å². The quantitative estimate of drug-likeness (QED) is 0.631. The fourth-order valence-electron chi connectivity index (χ4n) is 4.76. The van der Waals surface area contributed by atoms with Crippen molar-refractivity contribution in [3.63, 3.8) is 0 Å². The van der Waals surface area contributed by atoms with Crippen LogP contribution in [0.4, 0.5) is 5.95 Å². The fraction of sp³-hybridized carbons (Fsp3) is 0.364. The van der Waals surface area contributed by atoms with Crippen molar-refractivity contribution in [3.05, 3.63) is 34.9 Å². The Morgan fingerprint density at radius 1 is 1.16 bits per heavy atom. The van der Waals surface area contributed by atoms with Crippen molar-refractivity contribution < 1.29 is 4.74 Å². The number of anilines is 1. The van der Waals surface area contributed by atoms with Crippen LogP contribution in [0, 0.1) is 41.9 Å². The minimum atomic E-state index is -0.166. The molecule has 0 amide bonds. The molecule has 1 aromatic carbocycles. The van der Waals surface area contributed by atoms with Crippen molar-refractivity contribution in [3.8, 4) is 23.8 Å². The summed E-state index contributed by atoms with van der Waals surface area (Å²) in [5, 5.41) is 29.7. The number of aromatic nitrogens is 5. The van der Waals surface area contributed by atoms with Crippen LogP contribution in [0.5, 0.6) is 11.6 Å². The van der Waals surface area contributed by atoms with Crippen LogP contribution >= 0.6 is 0 Å². The molecule has 3 aromatic rings. The van der Waals surface area contributed by atoms with Gasteiger partial charge in [0.25, 0.3) is 5.88 Å². The minimum absolute atomic E-state index is 0.104. The highest BCUT2D eigenvalue weighted by molar-refractivity contribution is 5.77. The van der Waals surface area contributed by atoms with Crippen LogP contribution in [0.1, 0.15) is 36.0 Å². The molecule has 0 unspecified atom stereocenters. The fourth-order valence-corrected chi connectivity index (χ4v) is 4.76. The summed E-state index contributed by atoms with van der Waals surface area (Å²) < 4.78 is 7.82. The van der Waals surface area contributed by atoms with Gasteiger partial charge in [0, 0.05) is 18.7 Å². The van der Waals surface area contributed by atoms with Gasteiger partial charge in [-0.1, -0.05) is 5.21 Å². The Kier molecular flexibility index (Phi) is 3.99. The van der Waals surface area contributed by atoms with Crippen LogP contribution in [-0.4, -0.2) is 30.5 Å². The van der Waals surface area contributed by atoms with E-state index in [2.05, 4.69) is 31.7 Å². The molecule has 2 aromatic heterocycles. The summed E-state index contributed by atoms with van der Waals surface area (Å²) >= 11 is 0. The maximum atomic E-state index is 9.27. The van der Waals surface area contributed by atoms with Gasteiger partial charge in [-0.05, 0) is 68.0 Å². The Hall–Kier alpha value is -3.98. The highest BCUT2D eigenvalue weighted by Crippen LogP contribution is 2.67. The summed E-state index contributed by atoms with van der Waals surface area (Å²) in [4.78, 5) is 9.19. The molecule has 0 aliphatic heterocycles. The average Bonchev–Trinajstić information content (AvgIpc) is 3.05. The SMILES string of the molecule is Cc1cc(/C=C/C#N)cc(C)c1Oc1nc(NC23CC(C#N)(C2)C3)nc2c1nnn2C. The van der Waals surface area contributed by atoms with Crippen molar-refractivity contribution in [2.24, 2.45) is 12.5 Å². The second-order valence-corrected chi connectivity index (χ2v) is 8.61. The lowest BCUT2D eigenvalue weighted by atomic mass is 9.40. The molecule has 0 spiro atoms. The normalized spacial score (nSPS) is 23.6. The lowest BCUT2D eigenvalue weighted by Gasteiger charge is -2.66. The van der Waals surface area contributed by atoms with Crippen LogP contribution in [0.3, 0.4) is 0 Å². The molecule has 1 N–H and O–H groups in total. The molecule has 154 valence electrons. The van der Waals surface area contributed by atoms with E-state index < -0.39 is 0 Å². The molecule has 9 heteroatoms. The smallest absolute Gasteiger partial charge is 0.254 e. The van der Waals surface area contributed by atoms with Gasteiger partial charge in [0.15, 0.2) is 11.2 Å². The summed E-state index contributed by atoms with van der Waals surface area (Å²) in [6, 6.07) is 8.32. The van der Waals surface area contributed by atoms with E-state index >= 15 is 0 Å². The second-order valence-electron chi connectivity index (χ2n) is 8.61. The first kappa shape index (κ1) is 19.0. The van der Waals surface area contributed by atoms with Gasteiger partial charge in [-0.2, -0.15) is 20.5 Å². The zero-order chi connectivity index (χ0) is 21.8. The number of rotatable bonds is 5. The largest absolute Gasteiger partial charge is 0.436 e. The summed E-state index contributed by atoms with van der Waals surface area (Å²) in [7, 11) is 1.77. The van der Waals surface area contributed by atoms with Gasteiger partial charge in [0.1, 0.15) is 5.75 Å². The van der Waals surface area contributed by atoms with E-state index in [1.807, 2.05) is 32.0 Å². The third-order valence-electron chi connectivity index (χ3n) is 6.10. The lowest BCUT2D eigenvalue weighted by molar-refractivity contribution is -0.0665. The van der Waals surface area contributed by atoms with Crippen LogP contribution in [-0.2, 0) is 7.05 Å². The van der Waals surface area contributed by atoms with Crippen LogP contribution in [0.2, 0.25) is 0 Å². The lowest BCUT2D eigenvalue weighted by Crippen LogP contribution is -2.70. The van der Waals surface area contributed by atoms with Crippen molar-refractivity contribution in [1.29, 1.82) is 10.5 Å². The third kappa shape index (κ3) is 2.98. The van der Waals surface area contributed by atoms with Gasteiger partial charge in [-0.25, -0.2) is 4.68 Å². The molecule has 2 bridgehead atoms. The van der Waals surface area contributed by atoms with Gasteiger partial charge in [0.2, 0.25) is 5.95 Å². The number of benzene rings is 1. The molecular formula is C22H20N8O. The first-order chi connectivity index (χ1) is 14.9. The van der Waals surface area contributed by atoms with Gasteiger partial charge < -0.3 is 10.1 Å². The van der Waals surface area contributed by atoms with Crippen molar-refractivity contribution >= 4 is 23.2 Å². The number of aryl methyl sites for hydroxylation is 3. The maximum absolute atomic E-state index is 9.27. The van der Waals surface area contributed by atoms with E-state index in [4.69, 9.17) is 10.00 Å². The van der Waals surface area contributed by atoms with E-state index in [1.54, 1.807) is 17.8 Å². The predicted octanol–water partition coefficient (Wildman–Crippen LogP) is 3.56. The number of nitriles is 2. The topological polar surface area (TPSA) is 125 Å². The average molecular weight is 412 g/mol. The first-order valence-corrected chi connectivity index (χ1v) is 9.98. The monoisotopic (exact) mass is 412 g/mol. The summed E-state index contributed by atoms with van der Waals surface area (Å²) in [6.07, 6.45) is 5.64. The molecule has 3 fully saturated rings. The molecule has 9 nitrogen and oxygen atoms in total.